The largest absolute Gasteiger partial charge is 0.353 e. The molecule has 0 aliphatic rings. The number of ketones is 1. The molecule has 1 atom stereocenters. The van der Waals surface area contributed by atoms with Crippen molar-refractivity contribution in [2.24, 2.45) is 5.92 Å². The molecular weight excluding hydrogens is 240 g/mol. The Hall–Kier alpha value is -1.30. The number of rotatable bonds is 6. The van der Waals surface area contributed by atoms with E-state index < -0.39 is 4.92 Å². The Bertz CT molecular complexity index is 415. The molecule has 0 bridgehead atoms. The van der Waals surface area contributed by atoms with Gasteiger partial charge in [-0.1, -0.05) is 20.8 Å². The lowest BCUT2D eigenvalue weighted by Gasteiger charge is -2.13. The second kappa shape index (κ2) is 5.86. The average Bonchev–Trinajstić information content (AvgIpc) is 2.74. The molecule has 1 unspecified atom stereocenters. The number of carbonyl (C=O) groups is 1. The summed E-state index contributed by atoms with van der Waals surface area (Å²) in [5.74, 6) is 0.748. The van der Waals surface area contributed by atoms with E-state index in [1.807, 2.05) is 0 Å². The number of hydrogen-bond donors (Lipinski definition) is 1. The Morgan fingerprint density at radius 2 is 2.18 bits per heavy atom. The quantitative estimate of drug-likeness (QED) is 0.482. The Labute approximate surface area is 104 Å². The summed E-state index contributed by atoms with van der Waals surface area (Å²) in [4.78, 5) is 24.3. The van der Waals surface area contributed by atoms with Gasteiger partial charge in [-0.25, -0.2) is 0 Å². The third kappa shape index (κ3) is 3.89. The highest BCUT2D eigenvalue weighted by molar-refractivity contribution is 8.00. The second-order valence-electron chi connectivity index (χ2n) is 4.21. The molecule has 1 heterocycles. The maximum atomic E-state index is 11.7. The lowest BCUT2D eigenvalue weighted by atomic mass is 10.2. The fraction of sp³-hybridized carbons (Fsp3) is 0.545. The minimum atomic E-state index is -0.517. The van der Waals surface area contributed by atoms with Gasteiger partial charge in [0.1, 0.15) is 0 Å². The van der Waals surface area contributed by atoms with Crippen molar-refractivity contribution in [3.8, 4) is 0 Å². The van der Waals surface area contributed by atoms with Crippen molar-refractivity contribution in [3.05, 3.63) is 28.1 Å². The van der Waals surface area contributed by atoms with Crippen LogP contribution < -0.4 is 0 Å². The van der Waals surface area contributed by atoms with Gasteiger partial charge in [-0.15, -0.1) is 0 Å². The molecule has 6 heteroatoms. The minimum Gasteiger partial charge on any atom is -0.353 e. The van der Waals surface area contributed by atoms with Gasteiger partial charge in [0.2, 0.25) is 0 Å². The first-order chi connectivity index (χ1) is 7.91. The van der Waals surface area contributed by atoms with E-state index in [2.05, 4.69) is 25.8 Å². The minimum absolute atomic E-state index is 0.0738. The van der Waals surface area contributed by atoms with E-state index in [0.717, 1.165) is 0 Å². The number of nitrogens with one attached hydrogen (secondary N) is 1. The van der Waals surface area contributed by atoms with Crippen LogP contribution in [0.1, 0.15) is 31.3 Å². The molecule has 0 saturated heterocycles. The number of aromatic amines is 1. The van der Waals surface area contributed by atoms with Gasteiger partial charge < -0.3 is 4.98 Å². The molecule has 0 spiro atoms. The Kier molecular flexibility index (Phi) is 4.74. The molecule has 0 fully saturated rings. The normalized spacial score (nSPS) is 12.7. The lowest BCUT2D eigenvalue weighted by molar-refractivity contribution is -0.384. The van der Waals surface area contributed by atoms with Gasteiger partial charge in [0.05, 0.1) is 22.6 Å². The van der Waals surface area contributed by atoms with Gasteiger partial charge in [-0.2, -0.15) is 11.8 Å². The zero-order valence-electron chi connectivity index (χ0n) is 10.1. The molecule has 1 aromatic heterocycles. The molecule has 5 nitrogen and oxygen atoms in total. The van der Waals surface area contributed by atoms with Crippen LogP contribution in [0.4, 0.5) is 5.69 Å². The molecule has 0 amide bonds. The van der Waals surface area contributed by atoms with Crippen LogP contribution >= 0.6 is 11.8 Å². The van der Waals surface area contributed by atoms with Gasteiger partial charge in [-0.3, -0.25) is 14.9 Å². The molecule has 0 saturated carbocycles. The van der Waals surface area contributed by atoms with Crippen molar-refractivity contribution >= 4 is 23.2 Å². The van der Waals surface area contributed by atoms with E-state index in [0.29, 0.717) is 22.6 Å². The first-order valence-electron chi connectivity index (χ1n) is 5.39. The van der Waals surface area contributed by atoms with E-state index in [1.54, 1.807) is 11.8 Å². The Morgan fingerprint density at radius 3 is 2.65 bits per heavy atom. The van der Waals surface area contributed by atoms with Crippen molar-refractivity contribution in [2.45, 2.75) is 26.0 Å². The summed E-state index contributed by atoms with van der Waals surface area (Å²) in [6.07, 6.45) is 1.24. The first-order valence-corrected chi connectivity index (χ1v) is 6.44. The molecule has 0 aromatic carbocycles. The summed E-state index contributed by atoms with van der Waals surface area (Å²) < 4.78 is 0. The highest BCUT2D eigenvalue weighted by atomic mass is 32.2. The average molecular weight is 256 g/mol. The van der Waals surface area contributed by atoms with Crippen molar-refractivity contribution < 1.29 is 9.72 Å². The molecule has 1 N–H and O–H groups in total. The van der Waals surface area contributed by atoms with Crippen LogP contribution in [-0.2, 0) is 0 Å². The summed E-state index contributed by atoms with van der Waals surface area (Å²) in [5.41, 5.74) is 0.232. The highest BCUT2D eigenvalue weighted by Gasteiger charge is 2.16. The predicted octanol–water partition coefficient (Wildman–Crippen LogP) is 2.88. The standard InChI is InChI=1S/C11H16N2O3S/c1-7(2)8(3)17-6-11(14)10-4-9(5-12-10)13(15)16/h4-5,7-8,12H,6H2,1-3H3. The predicted molar refractivity (Wildman–Crippen MR) is 68.5 cm³/mol. The molecule has 94 valence electrons. The van der Waals surface area contributed by atoms with E-state index >= 15 is 0 Å². The third-order valence-corrected chi connectivity index (χ3v) is 4.09. The van der Waals surface area contributed by atoms with Crippen LogP contribution in [0.25, 0.3) is 0 Å². The Morgan fingerprint density at radius 1 is 1.53 bits per heavy atom. The number of hydrogen-bond acceptors (Lipinski definition) is 4. The maximum Gasteiger partial charge on any atom is 0.287 e. The van der Waals surface area contributed by atoms with Gasteiger partial charge >= 0.3 is 0 Å². The van der Waals surface area contributed by atoms with E-state index in [-0.39, 0.29) is 11.5 Å². The highest BCUT2D eigenvalue weighted by Crippen LogP contribution is 2.20. The van der Waals surface area contributed by atoms with Crippen molar-refractivity contribution in [3.63, 3.8) is 0 Å². The van der Waals surface area contributed by atoms with E-state index in [1.165, 1.54) is 12.3 Å². The fourth-order valence-electron chi connectivity index (χ4n) is 1.13. The molecule has 0 radical (unpaired) electrons. The maximum absolute atomic E-state index is 11.7. The first kappa shape index (κ1) is 13.8. The van der Waals surface area contributed by atoms with Crippen molar-refractivity contribution in [1.29, 1.82) is 0 Å². The molecular formula is C11H16N2O3S. The summed E-state index contributed by atoms with van der Waals surface area (Å²) >= 11 is 1.57. The van der Waals surface area contributed by atoms with Crippen LogP contribution in [0.3, 0.4) is 0 Å². The van der Waals surface area contributed by atoms with Gasteiger partial charge in [0, 0.05) is 11.3 Å². The number of H-pyrrole nitrogens is 1. The zero-order valence-corrected chi connectivity index (χ0v) is 10.9. The van der Waals surface area contributed by atoms with Crippen molar-refractivity contribution in [2.75, 3.05) is 5.75 Å². The molecule has 1 aromatic rings. The van der Waals surface area contributed by atoms with E-state index in [9.17, 15) is 14.9 Å². The molecule has 17 heavy (non-hydrogen) atoms. The van der Waals surface area contributed by atoms with Gasteiger partial charge in [-0.05, 0) is 5.92 Å². The number of nitro groups is 1. The number of carbonyl (C=O) groups excluding carboxylic acids is 1. The van der Waals surface area contributed by atoms with Gasteiger partial charge in [0.25, 0.3) is 5.69 Å². The van der Waals surface area contributed by atoms with Crippen molar-refractivity contribution in [1.82, 2.24) is 4.98 Å². The van der Waals surface area contributed by atoms with E-state index in [4.69, 9.17) is 0 Å². The van der Waals surface area contributed by atoms with Crippen LogP contribution in [0.5, 0.6) is 0 Å². The van der Waals surface area contributed by atoms with Crippen LogP contribution in [-0.4, -0.2) is 26.7 Å². The smallest absolute Gasteiger partial charge is 0.287 e. The summed E-state index contributed by atoms with van der Waals surface area (Å²) in [7, 11) is 0. The third-order valence-electron chi connectivity index (χ3n) is 2.60. The molecule has 1 rings (SSSR count). The zero-order chi connectivity index (χ0) is 13.0. The van der Waals surface area contributed by atoms with Crippen LogP contribution in [0, 0.1) is 16.0 Å². The van der Waals surface area contributed by atoms with Gasteiger partial charge in [0.15, 0.2) is 5.78 Å². The number of thioether (sulfide) groups is 1. The van der Waals surface area contributed by atoms with Crippen LogP contribution in [0.15, 0.2) is 12.3 Å². The molecule has 0 aliphatic carbocycles. The SMILES string of the molecule is CC(C)C(C)SCC(=O)c1cc([N+](=O)[O-])c[nH]1. The summed E-state index contributed by atoms with van der Waals surface area (Å²) in [5, 5.41) is 10.9. The topological polar surface area (TPSA) is 76.0 Å². The second-order valence-corrected chi connectivity index (χ2v) is 5.58. The number of nitrogens with zero attached hydrogens (tertiary/aromatic N) is 1. The summed E-state index contributed by atoms with van der Waals surface area (Å²) in [6.45, 7) is 6.27. The fourth-order valence-corrected chi connectivity index (χ4v) is 2.08. The Balaban J connectivity index is 2.55. The number of Topliss-reactive ketones (excluding diaryl/α,β-unsaturated/α-hetero) is 1. The molecule has 0 aliphatic heterocycles. The van der Waals surface area contributed by atoms with Crippen LogP contribution in [0.2, 0.25) is 0 Å². The lowest BCUT2D eigenvalue weighted by Crippen LogP contribution is -2.11. The monoisotopic (exact) mass is 256 g/mol. The number of aromatic nitrogens is 1. The summed E-state index contributed by atoms with van der Waals surface area (Å²) in [6, 6.07) is 1.28.